The minimum absolute atomic E-state index is 0.635. The Morgan fingerprint density at radius 2 is 2.18 bits per heavy atom. The number of nitrogens with zero attached hydrogens (tertiary/aromatic N) is 1. The molecule has 0 aliphatic carbocycles. The van der Waals surface area contributed by atoms with Gasteiger partial charge in [0, 0.05) is 28.8 Å². The van der Waals surface area contributed by atoms with Crippen LogP contribution in [-0.4, -0.2) is 17.4 Å². The highest BCUT2D eigenvalue weighted by atomic mass is 79.9. The number of pyridine rings is 1. The molecule has 1 heterocycles. The van der Waals surface area contributed by atoms with Gasteiger partial charge in [0.05, 0.1) is 12.6 Å². The lowest BCUT2D eigenvalue weighted by Crippen LogP contribution is -1.88. The van der Waals surface area contributed by atoms with Crippen molar-refractivity contribution in [3.63, 3.8) is 0 Å². The fourth-order valence-electron chi connectivity index (χ4n) is 1.51. The maximum Gasteiger partial charge on any atom is 0.213 e. The van der Waals surface area contributed by atoms with Gasteiger partial charge in [-0.05, 0) is 24.3 Å². The zero-order valence-electron chi connectivity index (χ0n) is 9.53. The van der Waals surface area contributed by atoms with Crippen molar-refractivity contribution in [1.82, 2.24) is 4.98 Å². The molecule has 86 valence electrons. The topological polar surface area (TPSA) is 22.1 Å². The van der Waals surface area contributed by atoms with Gasteiger partial charge in [0.1, 0.15) is 0 Å². The Morgan fingerprint density at radius 3 is 2.94 bits per heavy atom. The number of hydrogen-bond acceptors (Lipinski definition) is 2. The second-order valence-electron chi connectivity index (χ2n) is 3.50. The van der Waals surface area contributed by atoms with Crippen molar-refractivity contribution in [3.8, 4) is 17.7 Å². The first-order valence-corrected chi connectivity index (χ1v) is 6.45. The molecule has 2 rings (SSSR count). The molecule has 0 bridgehead atoms. The fraction of sp³-hybridized carbons (Fsp3) is 0.214. The molecule has 0 amide bonds. The van der Waals surface area contributed by atoms with Crippen LogP contribution in [0.3, 0.4) is 0 Å². The van der Waals surface area contributed by atoms with E-state index < -0.39 is 0 Å². The van der Waals surface area contributed by atoms with Crippen LogP contribution in [0.1, 0.15) is 12.0 Å². The number of methoxy groups -OCH3 is 1. The van der Waals surface area contributed by atoms with E-state index in [2.05, 4.69) is 32.8 Å². The molecule has 0 spiro atoms. The Kier molecular flexibility index (Phi) is 4.00. The molecule has 0 N–H and O–H groups in total. The molecule has 3 heteroatoms. The van der Waals surface area contributed by atoms with Crippen molar-refractivity contribution >= 4 is 26.8 Å². The lowest BCUT2D eigenvalue weighted by Gasteiger charge is -2.01. The average molecular weight is 290 g/mol. The largest absolute Gasteiger partial charge is 0.481 e. The smallest absolute Gasteiger partial charge is 0.213 e. The molecule has 2 aromatic rings. The third kappa shape index (κ3) is 2.98. The highest BCUT2D eigenvalue weighted by Crippen LogP contribution is 2.17. The zero-order chi connectivity index (χ0) is 12.1. The molecule has 0 aliphatic rings. The summed E-state index contributed by atoms with van der Waals surface area (Å²) in [5.74, 6) is 6.86. The normalized spacial score (nSPS) is 9.76. The Hall–Kier alpha value is -1.53. The minimum Gasteiger partial charge on any atom is -0.481 e. The van der Waals surface area contributed by atoms with Crippen molar-refractivity contribution in [2.75, 3.05) is 12.4 Å². The van der Waals surface area contributed by atoms with Crippen molar-refractivity contribution in [2.24, 2.45) is 0 Å². The van der Waals surface area contributed by atoms with E-state index in [0.29, 0.717) is 5.88 Å². The Bertz CT molecular complexity index is 584. The zero-order valence-corrected chi connectivity index (χ0v) is 11.1. The van der Waals surface area contributed by atoms with E-state index in [1.807, 2.05) is 30.3 Å². The van der Waals surface area contributed by atoms with Gasteiger partial charge in [0.15, 0.2) is 0 Å². The maximum absolute atomic E-state index is 5.09. The first-order chi connectivity index (χ1) is 8.33. The van der Waals surface area contributed by atoms with Crippen molar-refractivity contribution in [2.45, 2.75) is 6.42 Å². The van der Waals surface area contributed by atoms with E-state index in [4.69, 9.17) is 4.74 Å². The summed E-state index contributed by atoms with van der Waals surface area (Å²) in [5, 5.41) is 1.99. The molecular formula is C14H12BrNO. The van der Waals surface area contributed by atoms with E-state index in [-0.39, 0.29) is 0 Å². The van der Waals surface area contributed by atoms with Gasteiger partial charge >= 0.3 is 0 Å². The number of benzene rings is 1. The first kappa shape index (κ1) is 11.9. The number of aromatic nitrogens is 1. The van der Waals surface area contributed by atoms with Crippen LogP contribution < -0.4 is 4.74 Å². The van der Waals surface area contributed by atoms with Crippen LogP contribution in [0.25, 0.3) is 10.9 Å². The number of rotatable bonds is 2. The van der Waals surface area contributed by atoms with Crippen LogP contribution in [0.2, 0.25) is 0 Å². The van der Waals surface area contributed by atoms with Crippen molar-refractivity contribution in [1.29, 1.82) is 0 Å². The lowest BCUT2D eigenvalue weighted by molar-refractivity contribution is 0.399. The molecule has 1 aromatic carbocycles. The second-order valence-corrected chi connectivity index (χ2v) is 4.29. The number of ether oxygens (including phenoxy) is 1. The summed E-state index contributed by atoms with van der Waals surface area (Å²) in [6.45, 7) is 0. The Labute approximate surface area is 109 Å². The third-order valence-electron chi connectivity index (χ3n) is 2.32. The summed E-state index contributed by atoms with van der Waals surface area (Å²) in [6, 6.07) is 9.85. The molecule has 2 nitrogen and oxygen atoms in total. The average Bonchev–Trinajstić information content (AvgIpc) is 2.38. The summed E-state index contributed by atoms with van der Waals surface area (Å²) in [4.78, 5) is 4.35. The highest BCUT2D eigenvalue weighted by Gasteiger charge is 1.98. The van der Waals surface area contributed by atoms with Crippen LogP contribution in [0.5, 0.6) is 5.88 Å². The molecule has 0 unspecified atom stereocenters. The molecule has 0 aliphatic heterocycles. The SMILES string of the molecule is COc1ccc2cc(C#CCCBr)ccc2n1. The molecule has 0 radical (unpaired) electrons. The molecule has 0 saturated carbocycles. The summed E-state index contributed by atoms with van der Waals surface area (Å²) in [6.07, 6.45) is 0.860. The predicted octanol–water partition coefficient (Wildman–Crippen LogP) is 3.38. The summed E-state index contributed by atoms with van der Waals surface area (Å²) < 4.78 is 5.09. The van der Waals surface area contributed by atoms with Gasteiger partial charge < -0.3 is 4.74 Å². The van der Waals surface area contributed by atoms with Crippen LogP contribution in [-0.2, 0) is 0 Å². The second kappa shape index (κ2) is 5.70. The number of alkyl halides is 1. The standard InChI is InChI=1S/C14H12BrNO/c1-17-14-8-6-12-10-11(4-2-3-9-15)5-7-13(12)16-14/h5-8,10H,3,9H2,1H3. The minimum atomic E-state index is 0.635. The van der Waals surface area contributed by atoms with E-state index in [9.17, 15) is 0 Å². The van der Waals surface area contributed by atoms with Gasteiger partial charge in [-0.25, -0.2) is 4.98 Å². The summed E-state index contributed by atoms with van der Waals surface area (Å²) >= 11 is 3.35. The number of fused-ring (bicyclic) bond motifs is 1. The molecule has 0 fully saturated rings. The quantitative estimate of drug-likeness (QED) is 0.625. The Morgan fingerprint density at radius 1 is 1.29 bits per heavy atom. The molecule has 1 aromatic heterocycles. The lowest BCUT2D eigenvalue weighted by atomic mass is 10.1. The number of halogens is 1. The van der Waals surface area contributed by atoms with Gasteiger partial charge in [0.25, 0.3) is 0 Å². The van der Waals surface area contributed by atoms with Crippen molar-refractivity contribution in [3.05, 3.63) is 35.9 Å². The number of hydrogen-bond donors (Lipinski definition) is 0. The maximum atomic E-state index is 5.09. The van der Waals surface area contributed by atoms with E-state index in [1.165, 1.54) is 0 Å². The van der Waals surface area contributed by atoms with E-state index in [1.54, 1.807) is 7.11 Å². The molecule has 17 heavy (non-hydrogen) atoms. The highest BCUT2D eigenvalue weighted by molar-refractivity contribution is 9.09. The van der Waals surface area contributed by atoms with Gasteiger partial charge in [-0.3, -0.25) is 0 Å². The molecule has 0 atom stereocenters. The first-order valence-electron chi connectivity index (χ1n) is 5.33. The van der Waals surface area contributed by atoms with Crippen LogP contribution in [0, 0.1) is 11.8 Å². The molecule has 0 saturated heterocycles. The fourth-order valence-corrected chi connectivity index (χ4v) is 1.71. The Balaban J connectivity index is 2.36. The molecular weight excluding hydrogens is 278 g/mol. The predicted molar refractivity (Wildman–Crippen MR) is 73.6 cm³/mol. The van der Waals surface area contributed by atoms with E-state index >= 15 is 0 Å². The van der Waals surface area contributed by atoms with Gasteiger partial charge in [0.2, 0.25) is 5.88 Å². The summed E-state index contributed by atoms with van der Waals surface area (Å²) in [5.41, 5.74) is 1.95. The van der Waals surface area contributed by atoms with Crippen LogP contribution in [0.4, 0.5) is 0 Å². The summed E-state index contributed by atoms with van der Waals surface area (Å²) in [7, 11) is 1.62. The monoisotopic (exact) mass is 289 g/mol. The van der Waals surface area contributed by atoms with Crippen LogP contribution >= 0.6 is 15.9 Å². The van der Waals surface area contributed by atoms with Gasteiger partial charge in [-0.1, -0.05) is 27.8 Å². The van der Waals surface area contributed by atoms with Crippen LogP contribution in [0.15, 0.2) is 30.3 Å². The van der Waals surface area contributed by atoms with Crippen molar-refractivity contribution < 1.29 is 4.74 Å². The van der Waals surface area contributed by atoms with Gasteiger partial charge in [-0.2, -0.15) is 0 Å². The van der Waals surface area contributed by atoms with E-state index in [0.717, 1.165) is 28.2 Å². The van der Waals surface area contributed by atoms with Gasteiger partial charge in [-0.15, -0.1) is 0 Å². The third-order valence-corrected chi connectivity index (χ3v) is 2.72.